The van der Waals surface area contributed by atoms with Crippen molar-refractivity contribution in [3.05, 3.63) is 83.9 Å². The van der Waals surface area contributed by atoms with E-state index in [1.165, 1.54) is 37.7 Å². The predicted molar refractivity (Wildman–Crippen MR) is 101 cm³/mol. The highest BCUT2D eigenvalue weighted by atomic mass is 35.5. The van der Waals surface area contributed by atoms with Crippen LogP contribution in [0.3, 0.4) is 0 Å². The van der Waals surface area contributed by atoms with E-state index in [1.54, 1.807) is 0 Å². The zero-order valence-corrected chi connectivity index (χ0v) is 13.1. The van der Waals surface area contributed by atoms with Crippen molar-refractivity contribution < 1.29 is 0 Å². The molecule has 0 radical (unpaired) electrons. The fourth-order valence-corrected chi connectivity index (χ4v) is 3.96. The molecule has 5 aromatic rings. The third-order valence-electron chi connectivity index (χ3n) is 4.71. The largest absolute Gasteiger partial charge is 0.0837 e. The summed E-state index contributed by atoms with van der Waals surface area (Å²) < 4.78 is 0. The van der Waals surface area contributed by atoms with E-state index in [0.717, 1.165) is 10.4 Å². The smallest absolute Gasteiger partial charge is 0.0484 e. The van der Waals surface area contributed by atoms with Crippen LogP contribution in [-0.2, 0) is 0 Å². The molecule has 5 rings (SSSR count). The summed E-state index contributed by atoms with van der Waals surface area (Å²) in [6.07, 6.45) is 0. The quantitative estimate of drug-likeness (QED) is 0.271. The first kappa shape index (κ1) is 12.9. The van der Waals surface area contributed by atoms with E-state index >= 15 is 0 Å². The van der Waals surface area contributed by atoms with Crippen molar-refractivity contribution in [3.8, 4) is 0 Å². The van der Waals surface area contributed by atoms with E-state index in [0.29, 0.717) is 0 Å². The molecule has 0 fully saturated rings. The van der Waals surface area contributed by atoms with Gasteiger partial charge in [-0.2, -0.15) is 0 Å². The standard InChI is InChI=1S/C22H13Cl/c23-21-11-5-10-19-17(21)12-13-20-16-8-2-1-6-14(16)15-7-3-4-9-18(15)22(19)20/h1-13H. The SMILES string of the molecule is Clc1cccc2c1ccc1c3ccccc3c3ccccc3c21. The van der Waals surface area contributed by atoms with Crippen LogP contribution in [0.15, 0.2) is 78.9 Å². The fraction of sp³-hybridized carbons (Fsp3) is 0. The summed E-state index contributed by atoms with van der Waals surface area (Å²) in [6, 6.07) is 27.8. The third-order valence-corrected chi connectivity index (χ3v) is 5.04. The van der Waals surface area contributed by atoms with Crippen LogP contribution in [0.4, 0.5) is 0 Å². The molecule has 0 aliphatic rings. The minimum absolute atomic E-state index is 0.807. The fourth-order valence-electron chi connectivity index (χ4n) is 3.72. The molecule has 0 saturated carbocycles. The summed E-state index contributed by atoms with van der Waals surface area (Å²) in [5, 5.41) is 10.9. The number of hydrogen-bond donors (Lipinski definition) is 0. The Hall–Kier alpha value is -2.57. The molecule has 5 aromatic carbocycles. The summed E-state index contributed by atoms with van der Waals surface area (Å²) in [4.78, 5) is 0. The first-order valence-corrected chi connectivity index (χ1v) is 8.13. The molecule has 0 saturated heterocycles. The Bertz CT molecular complexity index is 1180. The molecule has 0 heterocycles. The molecule has 0 spiro atoms. The Morgan fingerprint density at radius 2 is 0.826 bits per heavy atom. The number of rotatable bonds is 0. The van der Waals surface area contributed by atoms with Gasteiger partial charge in [-0.25, -0.2) is 0 Å². The minimum Gasteiger partial charge on any atom is -0.0837 e. The second-order valence-electron chi connectivity index (χ2n) is 5.91. The lowest BCUT2D eigenvalue weighted by atomic mass is 9.91. The summed E-state index contributed by atoms with van der Waals surface area (Å²) in [7, 11) is 0. The Morgan fingerprint density at radius 1 is 0.391 bits per heavy atom. The summed E-state index contributed by atoms with van der Waals surface area (Å²) in [5.74, 6) is 0. The van der Waals surface area contributed by atoms with E-state index < -0.39 is 0 Å². The molecule has 0 amide bonds. The van der Waals surface area contributed by atoms with Gasteiger partial charge in [-0.1, -0.05) is 84.4 Å². The van der Waals surface area contributed by atoms with E-state index in [4.69, 9.17) is 11.6 Å². The molecule has 0 bridgehead atoms. The van der Waals surface area contributed by atoms with Gasteiger partial charge in [-0.3, -0.25) is 0 Å². The molecular weight excluding hydrogens is 300 g/mol. The van der Waals surface area contributed by atoms with Crippen LogP contribution in [0.2, 0.25) is 5.02 Å². The molecule has 108 valence electrons. The van der Waals surface area contributed by atoms with Gasteiger partial charge in [-0.15, -0.1) is 0 Å². The molecule has 0 nitrogen and oxygen atoms in total. The Balaban J connectivity index is 2.22. The van der Waals surface area contributed by atoms with Crippen molar-refractivity contribution in [2.75, 3.05) is 0 Å². The topological polar surface area (TPSA) is 0 Å². The van der Waals surface area contributed by atoms with Crippen LogP contribution < -0.4 is 0 Å². The van der Waals surface area contributed by atoms with Gasteiger partial charge in [0.05, 0.1) is 0 Å². The van der Waals surface area contributed by atoms with Gasteiger partial charge < -0.3 is 0 Å². The number of halogens is 1. The monoisotopic (exact) mass is 312 g/mol. The van der Waals surface area contributed by atoms with Gasteiger partial charge >= 0.3 is 0 Å². The van der Waals surface area contributed by atoms with Crippen LogP contribution >= 0.6 is 11.6 Å². The number of hydrogen-bond acceptors (Lipinski definition) is 0. The highest BCUT2D eigenvalue weighted by Gasteiger charge is 2.11. The Morgan fingerprint density at radius 3 is 1.52 bits per heavy atom. The molecule has 0 unspecified atom stereocenters. The molecular formula is C22H13Cl. The van der Waals surface area contributed by atoms with Gasteiger partial charge in [0.25, 0.3) is 0 Å². The lowest BCUT2D eigenvalue weighted by Crippen LogP contribution is -1.85. The second kappa shape index (κ2) is 4.71. The van der Waals surface area contributed by atoms with Crippen LogP contribution in [0.5, 0.6) is 0 Å². The van der Waals surface area contributed by atoms with Crippen molar-refractivity contribution in [2.24, 2.45) is 0 Å². The maximum Gasteiger partial charge on any atom is 0.0484 e. The predicted octanol–water partition coefficient (Wildman–Crippen LogP) is 6.95. The molecule has 23 heavy (non-hydrogen) atoms. The first-order chi connectivity index (χ1) is 11.3. The van der Waals surface area contributed by atoms with Crippen molar-refractivity contribution in [1.82, 2.24) is 0 Å². The van der Waals surface area contributed by atoms with Crippen molar-refractivity contribution >= 4 is 54.7 Å². The first-order valence-electron chi connectivity index (χ1n) is 7.75. The van der Waals surface area contributed by atoms with Crippen LogP contribution in [-0.4, -0.2) is 0 Å². The molecule has 1 heteroatoms. The average molecular weight is 313 g/mol. The second-order valence-corrected chi connectivity index (χ2v) is 6.32. The third kappa shape index (κ3) is 1.73. The lowest BCUT2D eigenvalue weighted by Gasteiger charge is -2.13. The number of benzene rings is 5. The number of fused-ring (bicyclic) bond motifs is 8. The zero-order chi connectivity index (χ0) is 15.4. The van der Waals surface area contributed by atoms with Gasteiger partial charge in [-0.05, 0) is 43.8 Å². The van der Waals surface area contributed by atoms with Crippen LogP contribution in [0.1, 0.15) is 0 Å². The molecule has 0 aliphatic carbocycles. The van der Waals surface area contributed by atoms with Crippen molar-refractivity contribution in [1.29, 1.82) is 0 Å². The Labute approximate surface area is 138 Å². The normalized spacial score (nSPS) is 11.7. The highest BCUT2D eigenvalue weighted by Crippen LogP contribution is 2.39. The van der Waals surface area contributed by atoms with Gasteiger partial charge in [0.1, 0.15) is 0 Å². The molecule has 0 atom stereocenters. The van der Waals surface area contributed by atoms with E-state index in [1.807, 2.05) is 12.1 Å². The summed E-state index contributed by atoms with van der Waals surface area (Å²) in [5.41, 5.74) is 0. The minimum atomic E-state index is 0.807. The lowest BCUT2D eigenvalue weighted by molar-refractivity contribution is 1.77. The van der Waals surface area contributed by atoms with Gasteiger partial charge in [0.2, 0.25) is 0 Å². The molecule has 0 N–H and O–H groups in total. The summed E-state index contributed by atoms with van der Waals surface area (Å²) >= 11 is 6.43. The van der Waals surface area contributed by atoms with Gasteiger partial charge in [0, 0.05) is 10.4 Å². The van der Waals surface area contributed by atoms with E-state index in [-0.39, 0.29) is 0 Å². The summed E-state index contributed by atoms with van der Waals surface area (Å²) in [6.45, 7) is 0. The Kier molecular flexibility index (Phi) is 2.65. The van der Waals surface area contributed by atoms with Crippen molar-refractivity contribution in [3.63, 3.8) is 0 Å². The highest BCUT2D eigenvalue weighted by molar-refractivity contribution is 6.38. The maximum absolute atomic E-state index is 6.43. The van der Waals surface area contributed by atoms with E-state index in [2.05, 4.69) is 66.7 Å². The van der Waals surface area contributed by atoms with Crippen LogP contribution in [0.25, 0.3) is 43.1 Å². The molecule has 0 aromatic heterocycles. The zero-order valence-electron chi connectivity index (χ0n) is 12.4. The maximum atomic E-state index is 6.43. The van der Waals surface area contributed by atoms with Crippen molar-refractivity contribution in [2.45, 2.75) is 0 Å². The van der Waals surface area contributed by atoms with Gasteiger partial charge in [0.15, 0.2) is 0 Å². The molecule has 0 aliphatic heterocycles. The average Bonchev–Trinajstić information content (AvgIpc) is 2.62. The van der Waals surface area contributed by atoms with E-state index in [9.17, 15) is 0 Å². The van der Waals surface area contributed by atoms with Crippen LogP contribution in [0, 0.1) is 0 Å².